The molecule has 0 saturated heterocycles. The van der Waals surface area contributed by atoms with Gasteiger partial charge in [-0.2, -0.15) is 0 Å². The van der Waals surface area contributed by atoms with Crippen molar-refractivity contribution in [3.8, 4) is 0 Å². The number of benzene rings is 1. The molecule has 1 aromatic carbocycles. The van der Waals surface area contributed by atoms with Crippen LogP contribution >= 0.6 is 11.8 Å². The average Bonchev–Trinajstić information content (AvgIpc) is 2.28. The van der Waals surface area contributed by atoms with Gasteiger partial charge in [-0.25, -0.2) is 0 Å². The maximum atomic E-state index is 3.16. The Morgan fingerprint density at radius 3 is 2.60 bits per heavy atom. The first-order valence-electron chi connectivity index (χ1n) is 5.34. The SMILES string of the molecule is CNCCN(C)CCSc1ccccc1. The second-order valence-corrected chi connectivity index (χ2v) is 4.74. The van der Waals surface area contributed by atoms with Crippen LogP contribution in [0.3, 0.4) is 0 Å². The zero-order valence-corrected chi connectivity index (χ0v) is 10.4. The van der Waals surface area contributed by atoms with Crippen LogP contribution in [0, 0.1) is 0 Å². The minimum absolute atomic E-state index is 1.06. The summed E-state index contributed by atoms with van der Waals surface area (Å²) in [6.07, 6.45) is 0. The van der Waals surface area contributed by atoms with Crippen LogP contribution in [0.4, 0.5) is 0 Å². The maximum Gasteiger partial charge on any atom is 0.0108 e. The summed E-state index contributed by atoms with van der Waals surface area (Å²) in [7, 11) is 4.16. The van der Waals surface area contributed by atoms with Crippen molar-refractivity contribution >= 4 is 11.8 Å². The molecule has 1 rings (SSSR count). The summed E-state index contributed by atoms with van der Waals surface area (Å²) in [6, 6.07) is 10.6. The first-order valence-corrected chi connectivity index (χ1v) is 6.32. The molecule has 0 radical (unpaired) electrons. The Balaban J connectivity index is 2.11. The largest absolute Gasteiger partial charge is 0.318 e. The zero-order chi connectivity index (χ0) is 10.9. The van der Waals surface area contributed by atoms with Gasteiger partial charge in [0.15, 0.2) is 0 Å². The molecule has 0 unspecified atom stereocenters. The lowest BCUT2D eigenvalue weighted by atomic mass is 10.4. The number of rotatable bonds is 7. The van der Waals surface area contributed by atoms with Crippen molar-refractivity contribution < 1.29 is 0 Å². The van der Waals surface area contributed by atoms with Crippen LogP contribution in [0.1, 0.15) is 0 Å². The molecule has 3 heteroatoms. The van der Waals surface area contributed by atoms with E-state index in [1.165, 1.54) is 4.90 Å². The molecular formula is C12H20N2S. The Labute approximate surface area is 97.1 Å². The summed E-state index contributed by atoms with van der Waals surface area (Å²) in [5.41, 5.74) is 0. The van der Waals surface area contributed by atoms with E-state index >= 15 is 0 Å². The molecule has 84 valence electrons. The van der Waals surface area contributed by atoms with Gasteiger partial charge >= 0.3 is 0 Å². The van der Waals surface area contributed by atoms with Gasteiger partial charge in [0.1, 0.15) is 0 Å². The molecule has 2 nitrogen and oxygen atoms in total. The van der Waals surface area contributed by atoms with Gasteiger partial charge in [0.05, 0.1) is 0 Å². The van der Waals surface area contributed by atoms with E-state index in [0.717, 1.165) is 25.4 Å². The standard InChI is InChI=1S/C12H20N2S/c1-13-8-9-14(2)10-11-15-12-6-4-3-5-7-12/h3-7,13H,8-11H2,1-2H3. The Bertz CT molecular complexity index is 251. The summed E-state index contributed by atoms with van der Waals surface area (Å²) in [4.78, 5) is 3.71. The van der Waals surface area contributed by atoms with Crippen molar-refractivity contribution in [2.24, 2.45) is 0 Å². The van der Waals surface area contributed by atoms with Crippen molar-refractivity contribution in [1.29, 1.82) is 0 Å². The highest BCUT2D eigenvalue weighted by Crippen LogP contribution is 2.16. The summed E-state index contributed by atoms with van der Waals surface area (Å²) in [6.45, 7) is 3.32. The highest BCUT2D eigenvalue weighted by atomic mass is 32.2. The number of nitrogens with zero attached hydrogens (tertiary/aromatic N) is 1. The first-order chi connectivity index (χ1) is 7.33. The lowest BCUT2D eigenvalue weighted by Crippen LogP contribution is -2.29. The average molecular weight is 224 g/mol. The predicted octanol–water partition coefficient (Wildman–Crippen LogP) is 1.93. The minimum atomic E-state index is 1.06. The van der Waals surface area contributed by atoms with E-state index in [-0.39, 0.29) is 0 Å². The Morgan fingerprint density at radius 1 is 1.20 bits per heavy atom. The number of thioether (sulfide) groups is 1. The summed E-state index contributed by atoms with van der Waals surface area (Å²) >= 11 is 1.92. The van der Waals surface area contributed by atoms with Gasteiger partial charge in [0.25, 0.3) is 0 Å². The van der Waals surface area contributed by atoms with E-state index in [4.69, 9.17) is 0 Å². The normalized spacial score (nSPS) is 10.9. The topological polar surface area (TPSA) is 15.3 Å². The molecule has 15 heavy (non-hydrogen) atoms. The van der Waals surface area contributed by atoms with Crippen molar-refractivity contribution in [2.75, 3.05) is 39.5 Å². The van der Waals surface area contributed by atoms with Gasteiger partial charge in [-0.1, -0.05) is 18.2 Å². The van der Waals surface area contributed by atoms with Crippen LogP contribution in [-0.2, 0) is 0 Å². The molecule has 0 spiro atoms. The van der Waals surface area contributed by atoms with Crippen LogP contribution in [0.2, 0.25) is 0 Å². The third kappa shape index (κ3) is 5.82. The second-order valence-electron chi connectivity index (χ2n) is 3.57. The summed E-state index contributed by atoms with van der Waals surface area (Å²) in [5.74, 6) is 1.16. The summed E-state index contributed by atoms with van der Waals surface area (Å²) in [5, 5.41) is 3.16. The van der Waals surface area contributed by atoms with Crippen molar-refractivity contribution in [1.82, 2.24) is 10.2 Å². The van der Waals surface area contributed by atoms with Gasteiger partial charge in [0, 0.05) is 30.3 Å². The highest BCUT2D eigenvalue weighted by Gasteiger charge is 1.97. The van der Waals surface area contributed by atoms with E-state index in [1.54, 1.807) is 0 Å². The van der Waals surface area contributed by atoms with Crippen molar-refractivity contribution in [3.63, 3.8) is 0 Å². The number of hydrogen-bond donors (Lipinski definition) is 1. The number of likely N-dealkylation sites (N-methyl/N-ethyl adjacent to an activating group) is 2. The third-order valence-corrected chi connectivity index (χ3v) is 3.22. The molecule has 0 saturated carbocycles. The fraction of sp³-hybridized carbons (Fsp3) is 0.500. The maximum absolute atomic E-state index is 3.16. The monoisotopic (exact) mass is 224 g/mol. The first kappa shape index (κ1) is 12.6. The molecule has 0 aliphatic carbocycles. The Morgan fingerprint density at radius 2 is 1.93 bits per heavy atom. The molecule has 1 N–H and O–H groups in total. The van der Waals surface area contributed by atoms with Crippen LogP contribution in [0.15, 0.2) is 35.2 Å². The van der Waals surface area contributed by atoms with E-state index in [9.17, 15) is 0 Å². The molecule has 0 aromatic heterocycles. The van der Waals surface area contributed by atoms with E-state index in [1.807, 2.05) is 18.8 Å². The lowest BCUT2D eigenvalue weighted by molar-refractivity contribution is 0.356. The van der Waals surface area contributed by atoms with Gasteiger partial charge in [-0.3, -0.25) is 0 Å². The smallest absolute Gasteiger partial charge is 0.0108 e. The molecule has 0 heterocycles. The quantitative estimate of drug-likeness (QED) is 0.713. The molecule has 0 amide bonds. The molecular weight excluding hydrogens is 204 g/mol. The van der Waals surface area contributed by atoms with Crippen molar-refractivity contribution in [3.05, 3.63) is 30.3 Å². The zero-order valence-electron chi connectivity index (χ0n) is 9.57. The predicted molar refractivity (Wildman–Crippen MR) is 68.6 cm³/mol. The molecule has 0 fully saturated rings. The fourth-order valence-electron chi connectivity index (χ4n) is 1.25. The highest BCUT2D eigenvalue weighted by molar-refractivity contribution is 7.99. The Kier molecular flexibility index (Phi) is 6.48. The van der Waals surface area contributed by atoms with Gasteiger partial charge < -0.3 is 10.2 Å². The number of nitrogens with one attached hydrogen (secondary N) is 1. The summed E-state index contributed by atoms with van der Waals surface area (Å²) < 4.78 is 0. The lowest BCUT2D eigenvalue weighted by Gasteiger charge is -2.15. The van der Waals surface area contributed by atoms with E-state index in [2.05, 4.69) is 47.6 Å². The molecule has 0 atom stereocenters. The fourth-order valence-corrected chi connectivity index (χ4v) is 2.24. The van der Waals surface area contributed by atoms with Crippen LogP contribution in [-0.4, -0.2) is 44.4 Å². The van der Waals surface area contributed by atoms with Crippen LogP contribution in [0.5, 0.6) is 0 Å². The van der Waals surface area contributed by atoms with Gasteiger partial charge in [-0.15, -0.1) is 11.8 Å². The second kappa shape index (κ2) is 7.74. The van der Waals surface area contributed by atoms with Gasteiger partial charge in [0.2, 0.25) is 0 Å². The van der Waals surface area contributed by atoms with Crippen molar-refractivity contribution in [2.45, 2.75) is 4.90 Å². The Hall–Kier alpha value is -0.510. The minimum Gasteiger partial charge on any atom is -0.318 e. The molecule has 0 aliphatic rings. The van der Waals surface area contributed by atoms with Crippen LogP contribution in [0.25, 0.3) is 0 Å². The van der Waals surface area contributed by atoms with E-state index in [0.29, 0.717) is 0 Å². The third-order valence-electron chi connectivity index (χ3n) is 2.23. The van der Waals surface area contributed by atoms with Gasteiger partial charge in [-0.05, 0) is 26.2 Å². The molecule has 0 bridgehead atoms. The van der Waals surface area contributed by atoms with Crippen LogP contribution < -0.4 is 5.32 Å². The molecule has 0 aliphatic heterocycles. The number of hydrogen-bond acceptors (Lipinski definition) is 3. The van der Waals surface area contributed by atoms with E-state index < -0.39 is 0 Å². The molecule has 1 aromatic rings.